The predicted molar refractivity (Wildman–Crippen MR) is 101 cm³/mol. The Labute approximate surface area is 157 Å². The topological polar surface area (TPSA) is 75.9 Å². The lowest BCUT2D eigenvalue weighted by molar-refractivity contribution is -0.117. The molecule has 3 heterocycles. The molecule has 1 atom stereocenters. The predicted octanol–water partition coefficient (Wildman–Crippen LogP) is 2.89. The summed E-state index contributed by atoms with van der Waals surface area (Å²) in [7, 11) is 0. The monoisotopic (exact) mass is 374 g/mol. The van der Waals surface area contributed by atoms with Crippen LogP contribution in [-0.4, -0.2) is 49.9 Å². The van der Waals surface area contributed by atoms with E-state index in [1.165, 1.54) is 32.1 Å². The minimum atomic E-state index is 0.00343. The summed E-state index contributed by atoms with van der Waals surface area (Å²) in [5.41, 5.74) is 0. The number of aromatic nitrogens is 4. The Balaban J connectivity index is 1.30. The van der Waals surface area contributed by atoms with Crippen LogP contribution in [0.4, 0.5) is 5.13 Å². The fourth-order valence-corrected chi connectivity index (χ4v) is 5.01. The molecule has 1 amide bonds. The van der Waals surface area contributed by atoms with Crippen LogP contribution in [0.15, 0.2) is 18.5 Å². The Hall–Kier alpha value is -1.80. The first kappa shape index (κ1) is 17.6. The highest BCUT2D eigenvalue weighted by atomic mass is 32.1. The van der Waals surface area contributed by atoms with Crippen molar-refractivity contribution in [1.82, 2.24) is 24.9 Å². The molecule has 2 aromatic rings. The number of carbonyl (C=O) groups excluding carboxylic acids is 1. The molecule has 7 nitrogen and oxygen atoms in total. The SMILES string of the molecule is O=C(CN1CCC[C@H]1Cn1cccn1)Nc1nnc(C2CCCCC2)s1. The van der Waals surface area contributed by atoms with Crippen LogP contribution in [0.2, 0.25) is 0 Å². The Morgan fingerprint density at radius 1 is 1.19 bits per heavy atom. The van der Waals surface area contributed by atoms with Crippen molar-refractivity contribution in [1.29, 1.82) is 0 Å². The van der Waals surface area contributed by atoms with Gasteiger partial charge in [-0.05, 0) is 38.3 Å². The molecule has 0 unspecified atom stereocenters. The summed E-state index contributed by atoms with van der Waals surface area (Å²) < 4.78 is 1.95. The molecule has 0 spiro atoms. The van der Waals surface area contributed by atoms with Crippen LogP contribution in [0, 0.1) is 0 Å². The quantitative estimate of drug-likeness (QED) is 0.841. The first-order chi connectivity index (χ1) is 12.8. The maximum Gasteiger partial charge on any atom is 0.240 e. The van der Waals surface area contributed by atoms with Gasteiger partial charge in [0, 0.05) is 24.4 Å². The van der Waals surface area contributed by atoms with E-state index in [9.17, 15) is 4.79 Å². The molecule has 2 aliphatic rings. The van der Waals surface area contributed by atoms with Crippen molar-refractivity contribution < 1.29 is 4.79 Å². The van der Waals surface area contributed by atoms with Crippen molar-refractivity contribution in [2.75, 3.05) is 18.4 Å². The van der Waals surface area contributed by atoms with E-state index in [-0.39, 0.29) is 5.91 Å². The van der Waals surface area contributed by atoms with E-state index in [1.807, 2.05) is 16.9 Å². The fraction of sp³-hybridized carbons (Fsp3) is 0.667. The summed E-state index contributed by atoms with van der Waals surface area (Å²) in [5.74, 6) is 0.535. The zero-order chi connectivity index (χ0) is 17.8. The van der Waals surface area contributed by atoms with Gasteiger partial charge >= 0.3 is 0 Å². The van der Waals surface area contributed by atoms with E-state index in [0.717, 1.165) is 30.9 Å². The fourth-order valence-electron chi connectivity index (χ4n) is 4.08. The van der Waals surface area contributed by atoms with E-state index >= 15 is 0 Å². The lowest BCUT2D eigenvalue weighted by atomic mass is 9.90. The van der Waals surface area contributed by atoms with Crippen LogP contribution < -0.4 is 5.32 Å². The van der Waals surface area contributed by atoms with Crippen LogP contribution in [0.1, 0.15) is 55.9 Å². The van der Waals surface area contributed by atoms with Crippen LogP contribution >= 0.6 is 11.3 Å². The van der Waals surface area contributed by atoms with Gasteiger partial charge in [0.05, 0.1) is 13.1 Å². The van der Waals surface area contributed by atoms with Gasteiger partial charge in [-0.3, -0.25) is 19.7 Å². The van der Waals surface area contributed by atoms with Gasteiger partial charge in [0.2, 0.25) is 11.0 Å². The molecule has 8 heteroatoms. The van der Waals surface area contributed by atoms with E-state index in [4.69, 9.17) is 0 Å². The Morgan fingerprint density at radius 3 is 2.88 bits per heavy atom. The molecule has 0 radical (unpaired) electrons. The largest absolute Gasteiger partial charge is 0.299 e. The third-order valence-electron chi connectivity index (χ3n) is 5.44. The molecule has 1 saturated heterocycles. The highest BCUT2D eigenvalue weighted by molar-refractivity contribution is 7.15. The molecule has 1 aliphatic carbocycles. The van der Waals surface area contributed by atoms with Crippen molar-refractivity contribution in [3.8, 4) is 0 Å². The Bertz CT molecular complexity index is 709. The van der Waals surface area contributed by atoms with Gasteiger partial charge in [0.1, 0.15) is 5.01 Å². The average molecular weight is 375 g/mol. The normalized spacial score (nSPS) is 21.9. The number of hydrogen-bond acceptors (Lipinski definition) is 6. The number of hydrogen-bond donors (Lipinski definition) is 1. The van der Waals surface area contributed by atoms with E-state index < -0.39 is 0 Å². The number of nitrogens with zero attached hydrogens (tertiary/aromatic N) is 5. The molecule has 1 saturated carbocycles. The number of nitrogens with one attached hydrogen (secondary N) is 1. The zero-order valence-corrected chi connectivity index (χ0v) is 15.8. The summed E-state index contributed by atoms with van der Waals surface area (Å²) in [6, 6.07) is 2.30. The molecule has 4 rings (SSSR count). The van der Waals surface area contributed by atoms with E-state index in [1.54, 1.807) is 17.5 Å². The van der Waals surface area contributed by atoms with Crippen molar-refractivity contribution in [2.45, 2.75) is 63.5 Å². The van der Waals surface area contributed by atoms with Crippen LogP contribution in [0.25, 0.3) is 0 Å². The zero-order valence-electron chi connectivity index (χ0n) is 15.0. The lowest BCUT2D eigenvalue weighted by Gasteiger charge is -2.23. The smallest absolute Gasteiger partial charge is 0.240 e. The second-order valence-corrected chi connectivity index (χ2v) is 8.33. The van der Waals surface area contributed by atoms with Gasteiger partial charge in [-0.1, -0.05) is 30.6 Å². The molecule has 2 fully saturated rings. The summed E-state index contributed by atoms with van der Waals surface area (Å²) in [6.45, 7) is 2.21. The first-order valence-corrected chi connectivity index (χ1v) is 10.4. The number of amides is 1. The molecule has 0 bridgehead atoms. The third-order valence-corrected chi connectivity index (χ3v) is 6.45. The van der Waals surface area contributed by atoms with Crippen molar-refractivity contribution >= 4 is 22.4 Å². The number of carbonyl (C=O) groups is 1. The van der Waals surface area contributed by atoms with Crippen LogP contribution in [-0.2, 0) is 11.3 Å². The molecule has 0 aromatic carbocycles. The number of rotatable bonds is 6. The van der Waals surface area contributed by atoms with Gasteiger partial charge in [-0.2, -0.15) is 5.10 Å². The van der Waals surface area contributed by atoms with Gasteiger partial charge in [0.15, 0.2) is 0 Å². The third kappa shape index (κ3) is 4.29. The average Bonchev–Trinajstić information content (AvgIpc) is 3.40. The van der Waals surface area contributed by atoms with Crippen LogP contribution in [0.3, 0.4) is 0 Å². The summed E-state index contributed by atoms with van der Waals surface area (Å²) in [6.07, 6.45) is 12.3. The van der Waals surface area contributed by atoms with Crippen molar-refractivity contribution in [3.05, 3.63) is 23.5 Å². The van der Waals surface area contributed by atoms with Gasteiger partial charge in [-0.25, -0.2) is 0 Å². The van der Waals surface area contributed by atoms with Gasteiger partial charge in [-0.15, -0.1) is 10.2 Å². The standard InChI is InChI=1S/C18H26N6OS/c25-16(13-23-10-4-8-15(23)12-24-11-5-9-19-24)20-18-22-21-17(26-18)14-6-2-1-3-7-14/h5,9,11,14-15H,1-4,6-8,10,12-13H2,(H,20,22,25)/t15-/m0/s1. The van der Waals surface area contributed by atoms with Crippen LogP contribution in [0.5, 0.6) is 0 Å². The molecule has 2 aromatic heterocycles. The number of anilines is 1. The highest BCUT2D eigenvalue weighted by Gasteiger charge is 2.27. The number of likely N-dealkylation sites (tertiary alicyclic amines) is 1. The molecule has 1 aliphatic heterocycles. The minimum absolute atomic E-state index is 0.00343. The minimum Gasteiger partial charge on any atom is -0.299 e. The molecular formula is C18H26N6OS. The van der Waals surface area contributed by atoms with E-state index in [2.05, 4.69) is 25.5 Å². The van der Waals surface area contributed by atoms with Gasteiger partial charge < -0.3 is 0 Å². The lowest BCUT2D eigenvalue weighted by Crippen LogP contribution is -2.39. The summed E-state index contributed by atoms with van der Waals surface area (Å²) in [5, 5.41) is 17.5. The maximum absolute atomic E-state index is 12.5. The molecule has 26 heavy (non-hydrogen) atoms. The molecule has 1 N–H and O–H groups in total. The van der Waals surface area contributed by atoms with Gasteiger partial charge in [0.25, 0.3) is 0 Å². The highest BCUT2D eigenvalue weighted by Crippen LogP contribution is 2.35. The van der Waals surface area contributed by atoms with E-state index in [0.29, 0.717) is 23.6 Å². The first-order valence-electron chi connectivity index (χ1n) is 9.62. The maximum atomic E-state index is 12.5. The Morgan fingerprint density at radius 2 is 2.08 bits per heavy atom. The summed E-state index contributed by atoms with van der Waals surface area (Å²) in [4.78, 5) is 14.7. The van der Waals surface area contributed by atoms with Crippen molar-refractivity contribution in [3.63, 3.8) is 0 Å². The summed E-state index contributed by atoms with van der Waals surface area (Å²) >= 11 is 1.54. The van der Waals surface area contributed by atoms with Crippen molar-refractivity contribution in [2.24, 2.45) is 0 Å². The molecule has 140 valence electrons. The molecular weight excluding hydrogens is 348 g/mol. The second-order valence-electron chi connectivity index (χ2n) is 7.32. The second kappa shape index (κ2) is 8.26. The Kier molecular flexibility index (Phi) is 5.59.